The number of nitrogens with one attached hydrogen (secondary N) is 1. The molecule has 1 N–H and O–H groups in total. The van der Waals surface area contributed by atoms with E-state index in [1.165, 1.54) is 22.8 Å². The predicted octanol–water partition coefficient (Wildman–Crippen LogP) is 4.80. The van der Waals surface area contributed by atoms with Gasteiger partial charge in [0.15, 0.2) is 0 Å². The van der Waals surface area contributed by atoms with Crippen LogP contribution in [-0.4, -0.2) is 0 Å². The number of anilines is 1. The van der Waals surface area contributed by atoms with E-state index in [0.717, 1.165) is 0 Å². The van der Waals surface area contributed by atoms with E-state index in [9.17, 15) is 4.39 Å². The molecule has 0 saturated carbocycles. The highest BCUT2D eigenvalue weighted by Crippen LogP contribution is 2.27. The number of aryl methyl sites for hydroxylation is 2. The van der Waals surface area contributed by atoms with Crippen molar-refractivity contribution in [3.05, 3.63) is 64.0 Å². The highest BCUT2D eigenvalue weighted by Gasteiger charge is 2.12. The number of nitrogens with zero attached hydrogens (tertiary/aromatic N) is 1. The van der Waals surface area contributed by atoms with Gasteiger partial charge >= 0.3 is 0 Å². The molecule has 0 aliphatic rings. The molecule has 0 saturated heterocycles. The van der Waals surface area contributed by atoms with Crippen LogP contribution in [0.2, 0.25) is 0 Å². The summed E-state index contributed by atoms with van der Waals surface area (Å²) in [6, 6.07) is 11.3. The summed E-state index contributed by atoms with van der Waals surface area (Å²) in [6.07, 6.45) is 0. The van der Waals surface area contributed by atoms with E-state index in [1.54, 1.807) is 13.0 Å². The van der Waals surface area contributed by atoms with Crippen LogP contribution in [0, 0.1) is 37.9 Å². The Bertz CT molecular complexity index is 714. The van der Waals surface area contributed by atoms with Gasteiger partial charge in [-0.25, -0.2) is 4.39 Å². The molecule has 21 heavy (non-hydrogen) atoms. The zero-order valence-electron chi connectivity index (χ0n) is 12.8. The van der Waals surface area contributed by atoms with E-state index >= 15 is 0 Å². The third kappa shape index (κ3) is 3.22. The second-order valence-corrected chi connectivity index (χ2v) is 5.47. The van der Waals surface area contributed by atoms with Crippen molar-refractivity contribution in [2.75, 3.05) is 5.32 Å². The van der Waals surface area contributed by atoms with E-state index < -0.39 is 0 Å². The summed E-state index contributed by atoms with van der Waals surface area (Å²) in [5.74, 6) is -0.357. The highest BCUT2D eigenvalue weighted by molar-refractivity contribution is 5.57. The normalized spacial score (nSPS) is 11.8. The first kappa shape index (κ1) is 15.1. The van der Waals surface area contributed by atoms with Gasteiger partial charge in [-0.1, -0.05) is 23.8 Å². The second kappa shape index (κ2) is 5.97. The van der Waals surface area contributed by atoms with Crippen LogP contribution in [0.25, 0.3) is 0 Å². The van der Waals surface area contributed by atoms with Crippen LogP contribution in [0.3, 0.4) is 0 Å². The van der Waals surface area contributed by atoms with Crippen LogP contribution in [0.15, 0.2) is 30.3 Å². The number of benzene rings is 2. The number of hydrogen-bond donors (Lipinski definition) is 1. The molecule has 0 spiro atoms. The van der Waals surface area contributed by atoms with Gasteiger partial charge in [0.1, 0.15) is 5.82 Å². The predicted molar refractivity (Wildman–Crippen MR) is 83.8 cm³/mol. The Morgan fingerprint density at radius 1 is 1.14 bits per heavy atom. The fourth-order valence-electron chi connectivity index (χ4n) is 2.43. The maximum absolute atomic E-state index is 13.8. The van der Waals surface area contributed by atoms with Gasteiger partial charge in [-0.05, 0) is 51.0 Å². The molecule has 2 nitrogen and oxygen atoms in total. The molecule has 1 atom stereocenters. The Kier molecular flexibility index (Phi) is 4.28. The maximum atomic E-state index is 13.8. The molecular formula is C18H19FN2. The molecule has 0 radical (unpaired) electrons. The molecular weight excluding hydrogens is 263 g/mol. The summed E-state index contributed by atoms with van der Waals surface area (Å²) >= 11 is 0. The Labute approximate surface area is 125 Å². The minimum absolute atomic E-state index is 0.0388. The van der Waals surface area contributed by atoms with Gasteiger partial charge in [0.2, 0.25) is 0 Å². The monoisotopic (exact) mass is 282 g/mol. The summed E-state index contributed by atoms with van der Waals surface area (Å²) in [4.78, 5) is 0. The number of nitriles is 1. The molecule has 0 amide bonds. The van der Waals surface area contributed by atoms with Crippen molar-refractivity contribution in [3.63, 3.8) is 0 Å². The number of hydrogen-bond acceptors (Lipinski definition) is 2. The summed E-state index contributed by atoms with van der Waals surface area (Å²) < 4.78 is 13.8. The lowest BCUT2D eigenvalue weighted by Gasteiger charge is -2.20. The summed E-state index contributed by atoms with van der Waals surface area (Å²) in [7, 11) is 0. The van der Waals surface area contributed by atoms with Gasteiger partial charge in [0.05, 0.1) is 11.6 Å². The van der Waals surface area contributed by atoms with E-state index in [1.807, 2.05) is 13.0 Å². The van der Waals surface area contributed by atoms with Crippen LogP contribution in [0.5, 0.6) is 0 Å². The summed E-state index contributed by atoms with van der Waals surface area (Å²) in [5, 5.41) is 12.3. The Morgan fingerprint density at radius 2 is 1.86 bits per heavy atom. The van der Waals surface area contributed by atoms with Crippen LogP contribution < -0.4 is 5.32 Å². The van der Waals surface area contributed by atoms with Crippen LogP contribution in [0.4, 0.5) is 10.1 Å². The van der Waals surface area contributed by atoms with Gasteiger partial charge in [0.25, 0.3) is 0 Å². The molecule has 2 aromatic rings. The zero-order valence-corrected chi connectivity index (χ0v) is 12.8. The lowest BCUT2D eigenvalue weighted by molar-refractivity contribution is 0.618. The molecule has 0 aliphatic heterocycles. The minimum atomic E-state index is -0.357. The minimum Gasteiger partial charge on any atom is -0.378 e. The number of halogens is 1. The standard InChI is InChI=1S/C18H19FN2/c1-11-5-6-12(2)16(7-11)14(4)21-18-9-15(10-20)8-17(19)13(18)3/h5-9,14,21H,1-4H3. The molecule has 0 aliphatic carbocycles. The molecule has 0 bridgehead atoms. The van der Waals surface area contributed by atoms with Gasteiger partial charge in [0, 0.05) is 17.3 Å². The first-order valence-corrected chi connectivity index (χ1v) is 6.96. The van der Waals surface area contributed by atoms with E-state index in [-0.39, 0.29) is 11.9 Å². The van der Waals surface area contributed by atoms with Crippen LogP contribution >= 0.6 is 0 Å². The van der Waals surface area contributed by atoms with Crippen molar-refractivity contribution in [2.45, 2.75) is 33.7 Å². The maximum Gasteiger partial charge on any atom is 0.129 e. The largest absolute Gasteiger partial charge is 0.378 e. The van der Waals surface area contributed by atoms with Crippen molar-refractivity contribution in [1.82, 2.24) is 0 Å². The molecule has 108 valence electrons. The van der Waals surface area contributed by atoms with Gasteiger partial charge < -0.3 is 5.32 Å². The highest BCUT2D eigenvalue weighted by atomic mass is 19.1. The lowest BCUT2D eigenvalue weighted by atomic mass is 9.99. The lowest BCUT2D eigenvalue weighted by Crippen LogP contribution is -2.10. The quantitative estimate of drug-likeness (QED) is 0.878. The fraction of sp³-hybridized carbons (Fsp3) is 0.278. The zero-order chi connectivity index (χ0) is 15.6. The molecule has 2 aromatic carbocycles. The average molecular weight is 282 g/mol. The van der Waals surface area contributed by atoms with Gasteiger partial charge in [-0.15, -0.1) is 0 Å². The van der Waals surface area contributed by atoms with Crippen molar-refractivity contribution >= 4 is 5.69 Å². The van der Waals surface area contributed by atoms with Crippen molar-refractivity contribution in [2.24, 2.45) is 0 Å². The van der Waals surface area contributed by atoms with Crippen molar-refractivity contribution in [3.8, 4) is 6.07 Å². The first-order chi connectivity index (χ1) is 9.92. The van der Waals surface area contributed by atoms with E-state index in [0.29, 0.717) is 16.8 Å². The summed E-state index contributed by atoms with van der Waals surface area (Å²) in [6.45, 7) is 7.87. The summed E-state index contributed by atoms with van der Waals surface area (Å²) in [5.41, 5.74) is 5.09. The molecule has 0 heterocycles. The Hall–Kier alpha value is -2.34. The number of rotatable bonds is 3. The molecule has 2 rings (SSSR count). The van der Waals surface area contributed by atoms with Crippen molar-refractivity contribution < 1.29 is 4.39 Å². The van der Waals surface area contributed by atoms with Crippen LogP contribution in [-0.2, 0) is 0 Å². The third-order valence-corrected chi connectivity index (χ3v) is 3.75. The Balaban J connectivity index is 2.36. The van der Waals surface area contributed by atoms with E-state index in [4.69, 9.17) is 5.26 Å². The third-order valence-electron chi connectivity index (χ3n) is 3.75. The smallest absolute Gasteiger partial charge is 0.129 e. The average Bonchev–Trinajstić information content (AvgIpc) is 2.46. The topological polar surface area (TPSA) is 35.8 Å². The molecule has 3 heteroatoms. The molecule has 0 fully saturated rings. The fourth-order valence-corrected chi connectivity index (χ4v) is 2.43. The Morgan fingerprint density at radius 3 is 2.52 bits per heavy atom. The molecule has 0 aromatic heterocycles. The van der Waals surface area contributed by atoms with Crippen LogP contribution in [0.1, 0.15) is 40.8 Å². The first-order valence-electron chi connectivity index (χ1n) is 6.96. The SMILES string of the molecule is Cc1ccc(C)c(C(C)Nc2cc(C#N)cc(F)c2C)c1. The van der Waals surface area contributed by atoms with Gasteiger partial charge in [-0.2, -0.15) is 5.26 Å². The van der Waals surface area contributed by atoms with E-state index in [2.05, 4.69) is 37.4 Å². The van der Waals surface area contributed by atoms with Crippen molar-refractivity contribution in [1.29, 1.82) is 5.26 Å². The second-order valence-electron chi connectivity index (χ2n) is 5.47. The molecule has 1 unspecified atom stereocenters. The van der Waals surface area contributed by atoms with Gasteiger partial charge in [-0.3, -0.25) is 0 Å².